The molecule has 4 aromatic carbocycles. The second-order valence-electron chi connectivity index (χ2n) is 8.92. The highest BCUT2D eigenvalue weighted by Gasteiger charge is 2.15. The maximum Gasteiger partial charge on any atom is 0.213 e. The Balaban J connectivity index is 1.45. The zero-order valence-corrected chi connectivity index (χ0v) is 21.5. The first-order chi connectivity index (χ1) is 18.2. The van der Waals surface area contributed by atoms with Crippen LogP contribution in [0, 0.1) is 11.3 Å². The Kier molecular flexibility index (Phi) is 9.35. The summed E-state index contributed by atoms with van der Waals surface area (Å²) in [5.41, 5.74) is 5.49. The molecule has 37 heavy (non-hydrogen) atoms. The van der Waals surface area contributed by atoms with Gasteiger partial charge in [0.1, 0.15) is 18.1 Å². The fourth-order valence-corrected chi connectivity index (χ4v) is 4.18. The van der Waals surface area contributed by atoms with Gasteiger partial charge in [0.2, 0.25) is 6.29 Å². The fraction of sp³-hybridized carbons (Fsp3) is 0.242. The van der Waals surface area contributed by atoms with E-state index in [0.717, 1.165) is 34.4 Å². The highest BCUT2D eigenvalue weighted by Crippen LogP contribution is 2.39. The number of hydrogen-bond donors (Lipinski definition) is 0. The van der Waals surface area contributed by atoms with Crippen molar-refractivity contribution in [2.24, 2.45) is 0 Å². The first kappa shape index (κ1) is 26.0. The highest BCUT2D eigenvalue weighted by atomic mass is 16.7. The summed E-state index contributed by atoms with van der Waals surface area (Å²) in [5.74, 6) is 1.99. The first-order valence-corrected chi connectivity index (χ1v) is 12.8. The Hall–Kier alpha value is -4.07. The quantitative estimate of drug-likeness (QED) is 0.148. The third-order valence-corrected chi connectivity index (χ3v) is 6.41. The van der Waals surface area contributed by atoms with Crippen LogP contribution in [-0.2, 0) is 4.74 Å². The molecular formula is C33H33NO3. The van der Waals surface area contributed by atoms with Gasteiger partial charge in [-0.25, -0.2) is 0 Å². The van der Waals surface area contributed by atoms with Crippen LogP contribution in [0.1, 0.15) is 38.2 Å². The number of rotatable bonds is 12. The van der Waals surface area contributed by atoms with Crippen LogP contribution in [0.4, 0.5) is 0 Å². The van der Waals surface area contributed by atoms with Gasteiger partial charge in [-0.3, -0.25) is 0 Å². The molecule has 4 nitrogen and oxygen atoms in total. The third-order valence-electron chi connectivity index (χ3n) is 6.41. The molecule has 2 unspecified atom stereocenters. The summed E-state index contributed by atoms with van der Waals surface area (Å²) in [7, 11) is 0. The molecule has 4 rings (SSSR count). The Morgan fingerprint density at radius 1 is 0.730 bits per heavy atom. The Morgan fingerprint density at radius 2 is 1.32 bits per heavy atom. The average molecular weight is 492 g/mol. The van der Waals surface area contributed by atoms with Crippen LogP contribution in [-0.4, -0.2) is 19.5 Å². The highest BCUT2D eigenvalue weighted by molar-refractivity contribution is 5.82. The van der Waals surface area contributed by atoms with Crippen molar-refractivity contribution in [2.75, 3.05) is 13.2 Å². The fourth-order valence-electron chi connectivity index (χ4n) is 4.18. The van der Waals surface area contributed by atoms with E-state index in [1.807, 2.05) is 48.5 Å². The summed E-state index contributed by atoms with van der Waals surface area (Å²) in [6.45, 7) is 4.99. The summed E-state index contributed by atoms with van der Waals surface area (Å²) >= 11 is 0. The molecule has 2 atom stereocenters. The smallest absolute Gasteiger partial charge is 0.213 e. The molecule has 0 N–H and O–H groups in total. The molecule has 0 amide bonds. The Morgan fingerprint density at radius 3 is 1.86 bits per heavy atom. The second kappa shape index (κ2) is 13.3. The average Bonchev–Trinajstić information content (AvgIpc) is 2.96. The van der Waals surface area contributed by atoms with E-state index < -0.39 is 6.29 Å². The van der Waals surface area contributed by atoms with Crippen molar-refractivity contribution in [1.29, 1.82) is 5.26 Å². The van der Waals surface area contributed by atoms with E-state index >= 15 is 0 Å². The predicted molar refractivity (Wildman–Crippen MR) is 149 cm³/mol. The zero-order chi connectivity index (χ0) is 25.9. The second-order valence-corrected chi connectivity index (χ2v) is 8.92. The maximum absolute atomic E-state index is 9.28. The lowest BCUT2D eigenvalue weighted by Gasteiger charge is -2.20. The zero-order valence-electron chi connectivity index (χ0n) is 21.5. The monoisotopic (exact) mass is 491 g/mol. The number of nitriles is 1. The molecule has 0 spiro atoms. The number of para-hydroxylation sites is 1. The molecule has 4 aromatic rings. The minimum Gasteiger partial charge on any atom is -0.490 e. The van der Waals surface area contributed by atoms with Crippen molar-refractivity contribution in [3.8, 4) is 39.8 Å². The van der Waals surface area contributed by atoms with Gasteiger partial charge >= 0.3 is 0 Å². The molecule has 0 saturated carbocycles. The topological polar surface area (TPSA) is 51.5 Å². The van der Waals surface area contributed by atoms with Crippen LogP contribution in [0.25, 0.3) is 22.3 Å². The minimum atomic E-state index is -0.666. The van der Waals surface area contributed by atoms with Crippen LogP contribution in [0.15, 0.2) is 103 Å². The SMILES string of the molecule is CCC(C)c1ccc(OC(CC#N)OCCOc2c(-c3ccccc3)cccc2-c2ccccc2)cc1. The van der Waals surface area contributed by atoms with Gasteiger partial charge in [0.15, 0.2) is 0 Å². The van der Waals surface area contributed by atoms with Gasteiger partial charge in [-0.1, -0.05) is 105 Å². The Labute approximate surface area is 220 Å². The van der Waals surface area contributed by atoms with Crippen molar-refractivity contribution in [3.63, 3.8) is 0 Å². The summed E-state index contributed by atoms with van der Waals surface area (Å²) < 4.78 is 18.2. The molecule has 0 fully saturated rings. The van der Waals surface area contributed by atoms with Gasteiger partial charge in [0.25, 0.3) is 0 Å². The van der Waals surface area contributed by atoms with E-state index in [0.29, 0.717) is 18.3 Å². The lowest BCUT2D eigenvalue weighted by molar-refractivity contribution is -0.0830. The molecule has 0 aromatic heterocycles. The normalized spacial score (nSPS) is 12.4. The molecule has 4 heteroatoms. The van der Waals surface area contributed by atoms with Gasteiger partial charge in [-0.2, -0.15) is 5.26 Å². The number of hydrogen-bond acceptors (Lipinski definition) is 4. The van der Waals surface area contributed by atoms with Crippen molar-refractivity contribution < 1.29 is 14.2 Å². The van der Waals surface area contributed by atoms with Crippen molar-refractivity contribution in [3.05, 3.63) is 109 Å². The molecule has 0 aliphatic heterocycles. The maximum atomic E-state index is 9.28. The van der Waals surface area contributed by atoms with Gasteiger partial charge in [-0.05, 0) is 41.2 Å². The van der Waals surface area contributed by atoms with Crippen molar-refractivity contribution >= 4 is 0 Å². The standard InChI is InChI=1S/C33H33NO3/c1-3-25(2)26-17-19-29(20-18-26)37-32(21-22-34)35-23-24-36-33-30(27-11-6-4-7-12-27)15-10-16-31(33)28-13-8-5-9-14-28/h4-20,25,32H,3,21,23-24H2,1-2H3. The van der Waals surface area contributed by atoms with Gasteiger partial charge in [0, 0.05) is 11.1 Å². The molecule has 0 bridgehead atoms. The van der Waals surface area contributed by atoms with E-state index in [1.165, 1.54) is 5.56 Å². The predicted octanol–water partition coefficient (Wildman–Crippen LogP) is 8.25. The van der Waals surface area contributed by atoms with Gasteiger partial charge in [-0.15, -0.1) is 0 Å². The van der Waals surface area contributed by atoms with E-state index in [-0.39, 0.29) is 13.0 Å². The summed E-state index contributed by atoms with van der Waals surface area (Å²) in [5, 5.41) is 9.28. The minimum absolute atomic E-state index is 0.128. The lowest BCUT2D eigenvalue weighted by atomic mass is 9.97. The summed E-state index contributed by atoms with van der Waals surface area (Å²) in [6, 6.07) is 36.8. The van der Waals surface area contributed by atoms with Crippen LogP contribution < -0.4 is 9.47 Å². The number of nitrogens with zero attached hydrogens (tertiary/aromatic N) is 1. The van der Waals surface area contributed by atoms with E-state index in [2.05, 4.69) is 74.5 Å². The molecule has 0 heterocycles. The molecule has 188 valence electrons. The molecule has 0 radical (unpaired) electrons. The first-order valence-electron chi connectivity index (χ1n) is 12.8. The van der Waals surface area contributed by atoms with E-state index in [1.54, 1.807) is 0 Å². The third kappa shape index (κ3) is 7.00. The largest absolute Gasteiger partial charge is 0.490 e. The van der Waals surface area contributed by atoms with E-state index in [9.17, 15) is 5.26 Å². The number of benzene rings is 4. The van der Waals surface area contributed by atoms with Crippen LogP contribution in [0.2, 0.25) is 0 Å². The number of ether oxygens (including phenoxy) is 3. The molecule has 0 aliphatic rings. The van der Waals surface area contributed by atoms with Crippen LogP contribution >= 0.6 is 0 Å². The summed E-state index contributed by atoms with van der Waals surface area (Å²) in [6.07, 6.45) is 0.545. The molecular weight excluding hydrogens is 458 g/mol. The molecule has 0 aliphatic carbocycles. The van der Waals surface area contributed by atoms with Gasteiger partial charge in [0.05, 0.1) is 19.1 Å². The molecule has 0 saturated heterocycles. The van der Waals surface area contributed by atoms with Gasteiger partial charge < -0.3 is 14.2 Å². The van der Waals surface area contributed by atoms with Crippen LogP contribution in [0.3, 0.4) is 0 Å². The Bertz CT molecular complexity index is 1220. The van der Waals surface area contributed by atoms with Crippen molar-refractivity contribution in [2.45, 2.75) is 38.9 Å². The lowest BCUT2D eigenvalue weighted by Crippen LogP contribution is -2.23. The summed E-state index contributed by atoms with van der Waals surface area (Å²) in [4.78, 5) is 0. The van der Waals surface area contributed by atoms with E-state index in [4.69, 9.17) is 14.2 Å². The van der Waals surface area contributed by atoms with Crippen LogP contribution in [0.5, 0.6) is 11.5 Å². The van der Waals surface area contributed by atoms with Crippen molar-refractivity contribution in [1.82, 2.24) is 0 Å².